The van der Waals surface area contributed by atoms with Crippen molar-refractivity contribution in [1.82, 2.24) is 4.57 Å². The molecule has 49 heavy (non-hydrogen) atoms. The van der Waals surface area contributed by atoms with Crippen LogP contribution in [-0.2, 0) is 15.0 Å². The van der Waals surface area contributed by atoms with Crippen LogP contribution in [0.25, 0.3) is 76.5 Å². The summed E-state index contributed by atoms with van der Waals surface area (Å²) in [6, 6.07) is 42.0. The molecule has 8 aromatic rings. The lowest BCUT2D eigenvalue weighted by atomic mass is 9.71. The van der Waals surface area contributed by atoms with Gasteiger partial charge in [0.05, 0.1) is 22.9 Å². The van der Waals surface area contributed by atoms with Gasteiger partial charge in [0.1, 0.15) is 0 Å². The molecular formula is C46H33NO2. The number of aromatic nitrogens is 1. The van der Waals surface area contributed by atoms with Crippen LogP contribution in [0, 0.1) is 11.8 Å². The fourth-order valence-corrected chi connectivity index (χ4v) is 8.47. The predicted octanol–water partition coefficient (Wildman–Crippen LogP) is 11.0. The molecule has 3 heteroatoms. The number of ketones is 2. The van der Waals surface area contributed by atoms with Gasteiger partial charge in [0.15, 0.2) is 0 Å². The summed E-state index contributed by atoms with van der Waals surface area (Å²) < 4.78 is 2.34. The molecule has 0 saturated carbocycles. The molecule has 0 aliphatic heterocycles. The second-order valence-corrected chi connectivity index (χ2v) is 14.8. The van der Waals surface area contributed by atoms with Crippen LogP contribution in [0.5, 0.6) is 0 Å². The van der Waals surface area contributed by atoms with Gasteiger partial charge in [-0.1, -0.05) is 124 Å². The van der Waals surface area contributed by atoms with E-state index in [0.29, 0.717) is 0 Å². The Labute approximate surface area is 284 Å². The maximum Gasteiger partial charge on any atom is 0.210 e. The average molecular weight is 632 g/mol. The van der Waals surface area contributed by atoms with Gasteiger partial charge in [0, 0.05) is 16.5 Å². The maximum atomic E-state index is 13.2. The number of carbonyl (C=O) groups is 2. The van der Waals surface area contributed by atoms with Crippen LogP contribution in [0.2, 0.25) is 0 Å². The van der Waals surface area contributed by atoms with Crippen LogP contribution in [0.15, 0.2) is 133 Å². The van der Waals surface area contributed by atoms with E-state index in [9.17, 15) is 9.59 Å². The second-order valence-electron chi connectivity index (χ2n) is 14.8. The number of fused-ring (bicyclic) bond motifs is 4. The first kappa shape index (κ1) is 28.2. The number of benzene rings is 7. The van der Waals surface area contributed by atoms with Gasteiger partial charge in [0.25, 0.3) is 0 Å². The van der Waals surface area contributed by atoms with E-state index < -0.39 is 11.8 Å². The minimum atomic E-state index is -0.547. The lowest BCUT2D eigenvalue weighted by Crippen LogP contribution is -2.36. The zero-order valence-corrected chi connectivity index (χ0v) is 27.6. The Morgan fingerprint density at radius 2 is 1.18 bits per heavy atom. The summed E-state index contributed by atoms with van der Waals surface area (Å²) in [5.41, 5.74) is 9.00. The summed E-state index contributed by atoms with van der Waals surface area (Å²) in [5.74, 6) is -1.64. The summed E-state index contributed by atoms with van der Waals surface area (Å²) in [6.07, 6.45) is 5.83. The number of nitrogens with zero attached hydrogens (tertiary/aromatic N) is 1. The Hall–Kier alpha value is -5.80. The predicted molar refractivity (Wildman–Crippen MR) is 203 cm³/mol. The highest BCUT2D eigenvalue weighted by Gasteiger charge is 2.40. The zero-order valence-electron chi connectivity index (χ0n) is 27.6. The Balaban J connectivity index is 1.23. The molecule has 3 aliphatic carbocycles. The molecule has 0 fully saturated rings. The molecule has 0 saturated heterocycles. The lowest BCUT2D eigenvalue weighted by Gasteiger charge is -2.30. The Bertz CT molecular complexity index is 2710. The van der Waals surface area contributed by atoms with E-state index in [2.05, 4.69) is 141 Å². The number of para-hydroxylation sites is 2. The quantitative estimate of drug-likeness (QED) is 0.111. The van der Waals surface area contributed by atoms with E-state index in [0.717, 1.165) is 33.3 Å². The van der Waals surface area contributed by atoms with Crippen molar-refractivity contribution in [3.8, 4) is 16.8 Å². The van der Waals surface area contributed by atoms with Gasteiger partial charge < -0.3 is 4.57 Å². The molecule has 1 aromatic heterocycles. The van der Waals surface area contributed by atoms with Gasteiger partial charge in [-0.15, -0.1) is 0 Å². The first-order valence-corrected chi connectivity index (χ1v) is 17.1. The standard InChI is InChI=1S/C46H33NO2/c1-46(2,3)30-22-27-14-19-34-37(26-12-17-31(18-13-26)47-40-10-6-4-8-32(40)33-9-5-7-11-41(33)47)25-39(35-20-15-28(23-30)42(27)43(34)35)38-24-29-16-21-36(38)45(49)44(29)48/h4-25,29,36H,1-3H3. The van der Waals surface area contributed by atoms with E-state index in [1.54, 1.807) is 0 Å². The minimum Gasteiger partial charge on any atom is -0.309 e. The largest absolute Gasteiger partial charge is 0.309 e. The van der Waals surface area contributed by atoms with Gasteiger partial charge >= 0.3 is 0 Å². The van der Waals surface area contributed by atoms with Crippen LogP contribution < -0.4 is 0 Å². The van der Waals surface area contributed by atoms with Crippen LogP contribution in [0.4, 0.5) is 0 Å². The summed E-state index contributed by atoms with van der Waals surface area (Å²) in [7, 11) is 0. The van der Waals surface area contributed by atoms with E-state index in [4.69, 9.17) is 0 Å². The highest BCUT2D eigenvalue weighted by atomic mass is 16.2. The van der Waals surface area contributed by atoms with E-state index >= 15 is 0 Å². The second kappa shape index (κ2) is 9.87. The molecule has 2 bridgehead atoms. The third-order valence-electron chi connectivity index (χ3n) is 10.9. The van der Waals surface area contributed by atoms with Crippen molar-refractivity contribution in [3.05, 3.63) is 145 Å². The fraction of sp³-hybridized carbons (Fsp3) is 0.130. The third-order valence-corrected chi connectivity index (χ3v) is 10.9. The molecule has 11 rings (SSSR count). The van der Waals surface area contributed by atoms with Crippen molar-refractivity contribution in [2.75, 3.05) is 0 Å². The lowest BCUT2D eigenvalue weighted by molar-refractivity contribution is -0.139. The van der Waals surface area contributed by atoms with Crippen molar-refractivity contribution in [3.63, 3.8) is 0 Å². The van der Waals surface area contributed by atoms with Crippen molar-refractivity contribution in [2.45, 2.75) is 26.2 Å². The van der Waals surface area contributed by atoms with Crippen LogP contribution in [0.1, 0.15) is 31.9 Å². The highest BCUT2D eigenvalue weighted by Crippen LogP contribution is 2.47. The number of hydrogen-bond acceptors (Lipinski definition) is 2. The van der Waals surface area contributed by atoms with Gasteiger partial charge in [0.2, 0.25) is 11.6 Å². The monoisotopic (exact) mass is 631 g/mol. The SMILES string of the molecule is CC(C)(C)c1cc2ccc3c(C4=CC5C=CC4C(=O)C5=O)cc(-c4ccc(-n5c6ccccc6c6ccccc65)cc4)c4ccc(c1)c2c34. The highest BCUT2D eigenvalue weighted by molar-refractivity contribution is 6.44. The van der Waals surface area contributed by atoms with Crippen molar-refractivity contribution < 1.29 is 9.59 Å². The summed E-state index contributed by atoms with van der Waals surface area (Å²) in [5, 5.41) is 9.67. The van der Waals surface area contributed by atoms with Gasteiger partial charge in [-0.2, -0.15) is 0 Å². The Morgan fingerprint density at radius 3 is 1.80 bits per heavy atom. The summed E-state index contributed by atoms with van der Waals surface area (Å²) >= 11 is 0. The fourth-order valence-electron chi connectivity index (χ4n) is 8.47. The molecule has 7 aromatic carbocycles. The van der Waals surface area contributed by atoms with E-state index in [1.165, 1.54) is 54.3 Å². The Kier molecular flexibility index (Phi) is 5.69. The van der Waals surface area contributed by atoms with Gasteiger partial charge in [-0.25, -0.2) is 0 Å². The summed E-state index contributed by atoms with van der Waals surface area (Å²) in [4.78, 5) is 26.0. The molecule has 0 N–H and O–H groups in total. The Morgan fingerprint density at radius 1 is 0.571 bits per heavy atom. The van der Waals surface area contributed by atoms with Crippen LogP contribution in [-0.4, -0.2) is 16.1 Å². The molecule has 0 radical (unpaired) electrons. The average Bonchev–Trinajstić information content (AvgIpc) is 3.46. The maximum absolute atomic E-state index is 13.2. The first-order chi connectivity index (χ1) is 23.8. The van der Waals surface area contributed by atoms with Crippen molar-refractivity contribution >= 4 is 71.3 Å². The third kappa shape index (κ3) is 3.96. The number of Topliss-reactive ketones (excluding diaryl/α,β-unsaturated/α-hetero) is 2. The minimum absolute atomic E-state index is 0.0181. The zero-order chi connectivity index (χ0) is 33.2. The normalized spacial score (nSPS) is 17.8. The summed E-state index contributed by atoms with van der Waals surface area (Å²) in [6.45, 7) is 6.78. The molecule has 0 amide bonds. The number of hydrogen-bond donors (Lipinski definition) is 0. The van der Waals surface area contributed by atoms with Crippen molar-refractivity contribution in [1.29, 1.82) is 0 Å². The number of carbonyl (C=O) groups excluding carboxylic acids is 2. The topological polar surface area (TPSA) is 39.1 Å². The molecule has 0 spiro atoms. The van der Waals surface area contributed by atoms with Crippen LogP contribution in [0.3, 0.4) is 0 Å². The molecule has 2 unspecified atom stereocenters. The van der Waals surface area contributed by atoms with Crippen LogP contribution >= 0.6 is 0 Å². The molecular weight excluding hydrogens is 599 g/mol. The van der Waals surface area contributed by atoms with Gasteiger partial charge in [-0.3, -0.25) is 9.59 Å². The number of rotatable bonds is 3. The molecule has 3 aliphatic rings. The van der Waals surface area contributed by atoms with Gasteiger partial charge in [-0.05, 0) is 95.9 Å². The molecule has 2 atom stereocenters. The van der Waals surface area contributed by atoms with E-state index in [1.807, 2.05) is 18.2 Å². The molecule has 3 nitrogen and oxygen atoms in total. The number of allylic oxidation sites excluding steroid dienone is 4. The van der Waals surface area contributed by atoms with E-state index in [-0.39, 0.29) is 17.0 Å². The smallest absolute Gasteiger partial charge is 0.210 e. The molecule has 234 valence electrons. The van der Waals surface area contributed by atoms with Crippen molar-refractivity contribution in [2.24, 2.45) is 11.8 Å². The first-order valence-electron chi connectivity index (χ1n) is 17.1. The molecule has 1 heterocycles.